The first kappa shape index (κ1) is 22.1. The molecule has 3 rings (SSSR count). The zero-order chi connectivity index (χ0) is 22.9. The topological polar surface area (TPSA) is 149 Å². The fourth-order valence-corrected chi connectivity index (χ4v) is 3.73. The molecule has 0 atom stereocenters. The summed E-state index contributed by atoms with van der Waals surface area (Å²) in [6, 6.07) is 7.15. The molecule has 2 aromatic carbocycles. The molecule has 0 unspecified atom stereocenters. The monoisotopic (exact) mass is 452 g/mol. The van der Waals surface area contributed by atoms with Crippen molar-refractivity contribution in [3.05, 3.63) is 47.8 Å². The first-order chi connectivity index (χ1) is 14.5. The molecule has 1 heterocycles. The van der Waals surface area contributed by atoms with Crippen LogP contribution in [-0.4, -0.2) is 45.7 Å². The number of sulfonamides is 1. The molecule has 0 aliphatic rings. The third-order valence-corrected chi connectivity index (χ3v) is 5.31. The van der Waals surface area contributed by atoms with E-state index >= 15 is 0 Å². The van der Waals surface area contributed by atoms with Gasteiger partial charge in [0.05, 0.1) is 11.9 Å². The molecule has 0 fully saturated rings. The molecule has 12 heteroatoms. The second kappa shape index (κ2) is 8.24. The average molecular weight is 452 g/mol. The van der Waals surface area contributed by atoms with Crippen molar-refractivity contribution in [1.29, 1.82) is 0 Å². The van der Waals surface area contributed by atoms with Gasteiger partial charge >= 0.3 is 12.1 Å². The fraction of sp³-hybridized carbons (Fsp3) is 0.158. The summed E-state index contributed by atoms with van der Waals surface area (Å²) in [6.07, 6.45) is -0.453. The quantitative estimate of drug-likeness (QED) is 0.329. The van der Waals surface area contributed by atoms with Crippen LogP contribution in [-0.2, 0) is 19.5 Å². The van der Waals surface area contributed by atoms with Crippen molar-refractivity contribution in [2.24, 2.45) is 5.73 Å². The van der Waals surface area contributed by atoms with Gasteiger partial charge in [0.25, 0.3) is 0 Å². The number of furan rings is 1. The van der Waals surface area contributed by atoms with Crippen molar-refractivity contribution in [3.8, 4) is 17.1 Å². The van der Waals surface area contributed by atoms with Gasteiger partial charge in [-0.25, -0.2) is 26.7 Å². The number of amides is 1. The number of esters is 1. The fourth-order valence-electron chi connectivity index (χ4n) is 2.93. The number of anilines is 1. The molecule has 1 amide bonds. The van der Waals surface area contributed by atoms with Gasteiger partial charge in [-0.15, -0.1) is 0 Å². The number of nitrogens with zero attached hydrogens (tertiary/aromatic N) is 1. The van der Waals surface area contributed by atoms with Crippen molar-refractivity contribution in [1.82, 2.24) is 0 Å². The molecule has 0 radical (unpaired) electrons. The molecule has 0 saturated heterocycles. The first-order valence-electron chi connectivity index (χ1n) is 8.56. The molecule has 0 spiro atoms. The van der Waals surface area contributed by atoms with Crippen LogP contribution in [0.4, 0.5) is 14.9 Å². The minimum absolute atomic E-state index is 0.0118. The van der Waals surface area contributed by atoms with Gasteiger partial charge in [0.2, 0.25) is 10.0 Å². The van der Waals surface area contributed by atoms with E-state index in [9.17, 15) is 27.5 Å². The number of benzene rings is 2. The summed E-state index contributed by atoms with van der Waals surface area (Å²) in [5, 5.41) is 10.5. The Balaban J connectivity index is 2.29. The Hall–Kier alpha value is -3.64. The van der Waals surface area contributed by atoms with Gasteiger partial charge in [0, 0.05) is 24.1 Å². The number of fused-ring (bicyclic) bond motifs is 1. The summed E-state index contributed by atoms with van der Waals surface area (Å²) in [5.41, 5.74) is 4.73. The highest BCUT2D eigenvalue weighted by Gasteiger charge is 2.28. The smallest absolute Gasteiger partial charge is 0.412 e. The molecule has 0 bridgehead atoms. The molecule has 0 aliphatic heterocycles. The molecule has 10 nitrogen and oxygen atoms in total. The number of halogens is 1. The maximum Gasteiger partial charge on any atom is 0.412 e. The van der Waals surface area contributed by atoms with Crippen LogP contribution < -0.4 is 10.0 Å². The van der Waals surface area contributed by atoms with Crippen molar-refractivity contribution in [2.75, 3.05) is 24.4 Å². The van der Waals surface area contributed by atoms with Crippen LogP contribution in [0, 0.1) is 5.82 Å². The maximum absolute atomic E-state index is 13.3. The van der Waals surface area contributed by atoms with Crippen molar-refractivity contribution in [2.45, 2.75) is 0 Å². The normalized spacial score (nSPS) is 11.5. The van der Waals surface area contributed by atoms with E-state index in [1.165, 1.54) is 25.3 Å². The van der Waals surface area contributed by atoms with Crippen LogP contribution in [0.1, 0.15) is 10.4 Å². The summed E-state index contributed by atoms with van der Waals surface area (Å²) in [7, 11) is -2.58. The zero-order valence-electron chi connectivity index (χ0n) is 16.3. The lowest BCUT2D eigenvalue weighted by atomic mass is 10.0. The summed E-state index contributed by atoms with van der Waals surface area (Å²) in [6.45, 7) is -0.403. The average Bonchev–Trinajstić information content (AvgIpc) is 3.03. The Morgan fingerprint density at radius 3 is 2.42 bits per heavy atom. The molecule has 1 aromatic heterocycles. The number of aromatic hydroxyl groups is 1. The van der Waals surface area contributed by atoms with Crippen LogP contribution in [0.5, 0.6) is 5.75 Å². The van der Waals surface area contributed by atoms with Gasteiger partial charge in [-0.1, -0.05) is 0 Å². The van der Waals surface area contributed by atoms with E-state index in [0.29, 0.717) is 0 Å². The number of rotatable bonds is 6. The Kier molecular flexibility index (Phi) is 5.86. The first-order valence-corrected chi connectivity index (χ1v) is 10.4. The summed E-state index contributed by atoms with van der Waals surface area (Å²) in [5.74, 6) is -2.33. The van der Waals surface area contributed by atoms with Gasteiger partial charge in [0.1, 0.15) is 35.2 Å². The number of primary amides is 1. The predicted octanol–water partition coefficient (Wildman–Crippen LogP) is 2.55. The number of methoxy groups -OCH3 is 1. The molecular weight excluding hydrogens is 435 g/mol. The number of carbonyl (C=O) groups excluding carboxylic acids is 2. The summed E-state index contributed by atoms with van der Waals surface area (Å²) < 4.78 is 53.4. The number of hydrogen-bond donors (Lipinski definition) is 2. The molecule has 31 heavy (non-hydrogen) atoms. The van der Waals surface area contributed by atoms with E-state index in [4.69, 9.17) is 14.9 Å². The van der Waals surface area contributed by atoms with Crippen molar-refractivity contribution >= 4 is 38.7 Å². The zero-order valence-corrected chi connectivity index (χ0v) is 17.1. The SMILES string of the molecule is COCN(c1cc2oc(-c3ccc(F)cc3)c(C(=O)OC(N)=O)c2cc1O)S(C)(=O)=O. The van der Waals surface area contributed by atoms with E-state index in [2.05, 4.69) is 4.74 Å². The Labute approximate surface area is 175 Å². The van der Waals surface area contributed by atoms with Gasteiger partial charge in [-0.05, 0) is 30.3 Å². The van der Waals surface area contributed by atoms with Crippen LogP contribution in [0.15, 0.2) is 40.8 Å². The Morgan fingerprint density at radius 1 is 1.23 bits per heavy atom. The van der Waals surface area contributed by atoms with E-state index in [1.807, 2.05) is 0 Å². The lowest BCUT2D eigenvalue weighted by molar-refractivity contribution is 0.0640. The van der Waals surface area contributed by atoms with Gasteiger partial charge in [-0.2, -0.15) is 0 Å². The van der Waals surface area contributed by atoms with Crippen molar-refractivity contribution < 1.29 is 41.4 Å². The number of nitrogens with two attached hydrogens (primary N) is 1. The number of phenols is 1. The van der Waals surface area contributed by atoms with Gasteiger partial charge < -0.3 is 24.7 Å². The second-order valence-electron chi connectivity index (χ2n) is 6.39. The largest absolute Gasteiger partial charge is 0.506 e. The number of hydrogen-bond acceptors (Lipinski definition) is 8. The second-order valence-corrected chi connectivity index (χ2v) is 8.29. The molecule has 0 aliphatic carbocycles. The van der Waals surface area contributed by atoms with Crippen LogP contribution >= 0.6 is 0 Å². The van der Waals surface area contributed by atoms with E-state index in [0.717, 1.165) is 28.8 Å². The maximum atomic E-state index is 13.3. The van der Waals surface area contributed by atoms with Crippen molar-refractivity contribution in [3.63, 3.8) is 0 Å². The van der Waals surface area contributed by atoms with Gasteiger partial charge in [-0.3, -0.25) is 0 Å². The number of carbonyl (C=O) groups is 2. The summed E-state index contributed by atoms with van der Waals surface area (Å²) >= 11 is 0. The minimum Gasteiger partial charge on any atom is -0.506 e. The molecule has 3 aromatic rings. The highest BCUT2D eigenvalue weighted by molar-refractivity contribution is 7.92. The number of phenolic OH excluding ortho intramolecular Hbond substituents is 1. The van der Waals surface area contributed by atoms with E-state index in [1.54, 1.807) is 0 Å². The van der Waals surface area contributed by atoms with Crippen LogP contribution in [0.2, 0.25) is 0 Å². The number of ether oxygens (including phenoxy) is 2. The standard InChI is InChI=1S/C19H17FN2O8S/c1-28-9-22(31(2,26)27)13-8-15-12(7-14(13)23)16(18(24)30-19(21)25)17(29-15)10-3-5-11(20)6-4-10/h3-8,23H,9H2,1-2H3,(H2,21,25). The predicted molar refractivity (Wildman–Crippen MR) is 107 cm³/mol. The Morgan fingerprint density at radius 2 is 1.87 bits per heavy atom. The minimum atomic E-state index is -3.85. The highest BCUT2D eigenvalue weighted by atomic mass is 32.2. The van der Waals surface area contributed by atoms with E-state index < -0.39 is 40.4 Å². The highest BCUT2D eigenvalue weighted by Crippen LogP contribution is 2.40. The molecule has 164 valence electrons. The molecular formula is C19H17FN2O8S. The third kappa shape index (κ3) is 4.44. The van der Waals surface area contributed by atoms with Crippen LogP contribution in [0.25, 0.3) is 22.3 Å². The molecule has 3 N–H and O–H groups in total. The Bertz CT molecular complexity index is 1270. The van der Waals surface area contributed by atoms with Crippen LogP contribution in [0.3, 0.4) is 0 Å². The van der Waals surface area contributed by atoms with Gasteiger partial charge in [0.15, 0.2) is 0 Å². The lowest BCUT2D eigenvalue weighted by Crippen LogP contribution is -2.31. The summed E-state index contributed by atoms with van der Waals surface area (Å²) in [4.78, 5) is 23.6. The molecule has 0 saturated carbocycles. The third-order valence-electron chi connectivity index (χ3n) is 4.20. The van der Waals surface area contributed by atoms with E-state index in [-0.39, 0.29) is 33.5 Å². The lowest BCUT2D eigenvalue weighted by Gasteiger charge is -2.22.